The van der Waals surface area contributed by atoms with Crippen LogP contribution in [0.1, 0.15) is 30.9 Å². The Labute approximate surface area is 128 Å². The summed E-state index contributed by atoms with van der Waals surface area (Å²) in [4.78, 5) is 0. The summed E-state index contributed by atoms with van der Waals surface area (Å²) in [5, 5.41) is 2.68. The second kappa shape index (κ2) is 8.26. The molecular formula is C21H24. The zero-order chi connectivity index (χ0) is 14.9. The van der Waals surface area contributed by atoms with Gasteiger partial charge in [0.05, 0.1) is 0 Å². The van der Waals surface area contributed by atoms with Gasteiger partial charge in [0.1, 0.15) is 0 Å². The van der Waals surface area contributed by atoms with Gasteiger partial charge in [-0.05, 0) is 41.7 Å². The second-order valence-electron chi connectivity index (χ2n) is 5.39. The molecule has 0 atom stereocenters. The maximum atomic E-state index is 2.23. The third-order valence-electron chi connectivity index (χ3n) is 3.67. The standard InChI is InChI=1S/C11H10.C10H14/c1-9-5-4-7-10-6-2-3-8-11(9)10;1-2-3-7-10-8-5-4-6-9-10/h2-8H,1H3;4-6,8-9H,2-3,7H2,1H3. The summed E-state index contributed by atoms with van der Waals surface area (Å²) in [6, 6.07) is 25.5. The predicted molar refractivity (Wildman–Crippen MR) is 93.7 cm³/mol. The van der Waals surface area contributed by atoms with Gasteiger partial charge in [-0.1, -0.05) is 86.1 Å². The van der Waals surface area contributed by atoms with E-state index in [4.69, 9.17) is 0 Å². The second-order valence-corrected chi connectivity index (χ2v) is 5.39. The Kier molecular flexibility index (Phi) is 6.02. The van der Waals surface area contributed by atoms with E-state index in [-0.39, 0.29) is 0 Å². The zero-order valence-corrected chi connectivity index (χ0v) is 13.0. The van der Waals surface area contributed by atoms with Crippen LogP contribution in [0.15, 0.2) is 72.8 Å². The number of unbranched alkanes of at least 4 members (excludes halogenated alkanes) is 1. The first kappa shape index (κ1) is 15.3. The van der Waals surface area contributed by atoms with Gasteiger partial charge in [0.2, 0.25) is 0 Å². The van der Waals surface area contributed by atoms with Crippen molar-refractivity contribution in [3.8, 4) is 0 Å². The van der Waals surface area contributed by atoms with Gasteiger partial charge in [-0.3, -0.25) is 0 Å². The van der Waals surface area contributed by atoms with Crippen LogP contribution in [0.4, 0.5) is 0 Å². The molecule has 0 aliphatic carbocycles. The van der Waals surface area contributed by atoms with E-state index in [2.05, 4.69) is 86.6 Å². The third kappa shape index (κ3) is 4.75. The van der Waals surface area contributed by atoms with Crippen molar-refractivity contribution >= 4 is 10.8 Å². The molecule has 0 heterocycles. The van der Waals surface area contributed by atoms with E-state index in [1.54, 1.807) is 0 Å². The van der Waals surface area contributed by atoms with E-state index < -0.39 is 0 Å². The molecule has 0 aliphatic rings. The fraction of sp³-hybridized carbons (Fsp3) is 0.238. The third-order valence-corrected chi connectivity index (χ3v) is 3.67. The largest absolute Gasteiger partial charge is 0.0654 e. The van der Waals surface area contributed by atoms with Crippen molar-refractivity contribution in [1.82, 2.24) is 0 Å². The minimum Gasteiger partial charge on any atom is -0.0654 e. The van der Waals surface area contributed by atoms with Crippen molar-refractivity contribution in [1.29, 1.82) is 0 Å². The van der Waals surface area contributed by atoms with Crippen LogP contribution in [0.3, 0.4) is 0 Å². The van der Waals surface area contributed by atoms with Crippen molar-refractivity contribution in [2.75, 3.05) is 0 Å². The van der Waals surface area contributed by atoms with Crippen LogP contribution in [0.2, 0.25) is 0 Å². The average molecular weight is 276 g/mol. The molecule has 108 valence electrons. The highest BCUT2D eigenvalue weighted by atomic mass is 14.0. The predicted octanol–water partition coefficient (Wildman–Crippen LogP) is 6.18. The first-order valence-corrected chi connectivity index (χ1v) is 7.79. The van der Waals surface area contributed by atoms with Crippen LogP contribution in [-0.2, 0) is 6.42 Å². The highest BCUT2D eigenvalue weighted by Gasteiger charge is 1.92. The van der Waals surface area contributed by atoms with Gasteiger partial charge in [0.15, 0.2) is 0 Å². The van der Waals surface area contributed by atoms with E-state index in [1.165, 1.54) is 41.2 Å². The molecule has 0 saturated heterocycles. The van der Waals surface area contributed by atoms with Gasteiger partial charge in [0.25, 0.3) is 0 Å². The fourth-order valence-electron chi connectivity index (χ4n) is 2.41. The Hall–Kier alpha value is -2.08. The molecule has 3 rings (SSSR count). The Morgan fingerprint density at radius 2 is 1.38 bits per heavy atom. The minimum absolute atomic E-state index is 1.23. The average Bonchev–Trinajstić information content (AvgIpc) is 2.55. The van der Waals surface area contributed by atoms with Crippen molar-refractivity contribution < 1.29 is 0 Å². The van der Waals surface area contributed by atoms with Crippen LogP contribution in [0.25, 0.3) is 10.8 Å². The molecular weight excluding hydrogens is 252 g/mol. The summed E-state index contributed by atoms with van der Waals surface area (Å²) < 4.78 is 0. The van der Waals surface area contributed by atoms with Gasteiger partial charge < -0.3 is 0 Å². The maximum absolute atomic E-state index is 2.23. The maximum Gasteiger partial charge on any atom is -0.0155 e. The lowest BCUT2D eigenvalue weighted by Crippen LogP contribution is -1.81. The van der Waals surface area contributed by atoms with Gasteiger partial charge in [-0.15, -0.1) is 0 Å². The first-order chi connectivity index (χ1) is 10.3. The number of fused-ring (bicyclic) bond motifs is 1. The van der Waals surface area contributed by atoms with Gasteiger partial charge in [0, 0.05) is 0 Å². The molecule has 0 N–H and O–H groups in total. The van der Waals surface area contributed by atoms with Crippen molar-refractivity contribution in [2.45, 2.75) is 33.1 Å². The minimum atomic E-state index is 1.23. The molecule has 0 bridgehead atoms. The quantitative estimate of drug-likeness (QED) is 0.536. The lowest BCUT2D eigenvalue weighted by atomic mass is 10.1. The summed E-state index contributed by atoms with van der Waals surface area (Å²) in [6.45, 7) is 4.37. The topological polar surface area (TPSA) is 0 Å². The van der Waals surface area contributed by atoms with Crippen LogP contribution in [-0.4, -0.2) is 0 Å². The first-order valence-electron chi connectivity index (χ1n) is 7.79. The molecule has 0 spiro atoms. The summed E-state index contributed by atoms with van der Waals surface area (Å²) in [5.74, 6) is 0. The van der Waals surface area contributed by atoms with Crippen LogP contribution < -0.4 is 0 Å². The number of benzene rings is 3. The Morgan fingerprint density at radius 1 is 0.714 bits per heavy atom. The monoisotopic (exact) mass is 276 g/mol. The Bertz CT molecular complexity index is 648. The Balaban J connectivity index is 0.000000155. The smallest absolute Gasteiger partial charge is 0.0155 e. The van der Waals surface area contributed by atoms with Crippen LogP contribution >= 0.6 is 0 Å². The zero-order valence-electron chi connectivity index (χ0n) is 13.0. The van der Waals surface area contributed by atoms with Crippen molar-refractivity contribution in [2.24, 2.45) is 0 Å². The molecule has 3 aromatic carbocycles. The number of hydrogen-bond acceptors (Lipinski definition) is 0. The van der Waals surface area contributed by atoms with E-state index in [9.17, 15) is 0 Å². The van der Waals surface area contributed by atoms with Crippen molar-refractivity contribution in [3.05, 3.63) is 83.9 Å². The lowest BCUT2D eigenvalue weighted by Gasteiger charge is -1.98. The lowest BCUT2D eigenvalue weighted by molar-refractivity contribution is 0.795. The van der Waals surface area contributed by atoms with Gasteiger partial charge >= 0.3 is 0 Å². The van der Waals surface area contributed by atoms with Crippen molar-refractivity contribution in [3.63, 3.8) is 0 Å². The number of hydrogen-bond donors (Lipinski definition) is 0. The molecule has 21 heavy (non-hydrogen) atoms. The van der Waals surface area contributed by atoms with E-state index in [1.807, 2.05) is 0 Å². The Morgan fingerprint density at radius 3 is 2.10 bits per heavy atom. The van der Waals surface area contributed by atoms with Gasteiger partial charge in [-0.25, -0.2) is 0 Å². The summed E-state index contributed by atoms with van der Waals surface area (Å²) >= 11 is 0. The van der Waals surface area contributed by atoms with Crippen LogP contribution in [0.5, 0.6) is 0 Å². The van der Waals surface area contributed by atoms with E-state index in [0.717, 1.165) is 0 Å². The highest BCUT2D eigenvalue weighted by Crippen LogP contribution is 2.16. The molecule has 0 radical (unpaired) electrons. The molecule has 0 aliphatic heterocycles. The normalized spacial score (nSPS) is 10.0. The summed E-state index contributed by atoms with van der Waals surface area (Å²) in [7, 11) is 0. The van der Waals surface area contributed by atoms with E-state index in [0.29, 0.717) is 0 Å². The fourth-order valence-corrected chi connectivity index (χ4v) is 2.41. The molecule has 0 aromatic heterocycles. The summed E-state index contributed by atoms with van der Waals surface area (Å²) in [5.41, 5.74) is 2.81. The molecule has 0 unspecified atom stereocenters. The highest BCUT2D eigenvalue weighted by molar-refractivity contribution is 5.85. The summed E-state index contributed by atoms with van der Waals surface area (Å²) in [6.07, 6.45) is 3.83. The van der Waals surface area contributed by atoms with Gasteiger partial charge in [-0.2, -0.15) is 0 Å². The van der Waals surface area contributed by atoms with Crippen LogP contribution in [0, 0.1) is 6.92 Å². The molecule has 3 aromatic rings. The number of rotatable bonds is 3. The SMILES string of the molecule is CCCCc1ccccc1.Cc1cccc2ccccc12. The van der Waals surface area contributed by atoms with E-state index >= 15 is 0 Å². The molecule has 0 amide bonds. The molecule has 0 nitrogen and oxygen atoms in total. The molecule has 0 heteroatoms. The molecule has 0 saturated carbocycles. The molecule has 0 fully saturated rings. The number of aryl methyl sites for hydroxylation is 2.